The predicted molar refractivity (Wildman–Crippen MR) is 264 cm³/mol. The first-order valence-corrected chi connectivity index (χ1v) is 25.0. The van der Waals surface area contributed by atoms with Crippen LogP contribution in [0.5, 0.6) is 0 Å². The fourth-order valence-corrected chi connectivity index (χ4v) is 9.34. The van der Waals surface area contributed by atoms with Crippen LogP contribution in [0.15, 0.2) is 91.0 Å². The average Bonchev–Trinajstić information content (AvgIpc) is 4.21. The van der Waals surface area contributed by atoms with E-state index in [1.807, 2.05) is 6.07 Å². The third-order valence-corrected chi connectivity index (χ3v) is 14.0. The summed E-state index contributed by atoms with van der Waals surface area (Å²) in [5, 5.41) is 19.8. The van der Waals surface area contributed by atoms with Crippen molar-refractivity contribution in [3.8, 4) is 0 Å². The molecule has 6 rings (SSSR count). The van der Waals surface area contributed by atoms with Gasteiger partial charge in [0.05, 0.1) is 24.4 Å². The quantitative estimate of drug-likeness (QED) is 0.158. The van der Waals surface area contributed by atoms with Gasteiger partial charge in [-0.25, -0.2) is 4.79 Å². The summed E-state index contributed by atoms with van der Waals surface area (Å²) in [5.74, 6) is -10.1. The molecule has 1 saturated carbocycles. The zero-order valence-corrected chi connectivity index (χ0v) is 42.0. The van der Waals surface area contributed by atoms with Crippen molar-refractivity contribution in [3.63, 3.8) is 0 Å². The second kappa shape index (κ2) is 25.1. The summed E-state index contributed by atoms with van der Waals surface area (Å²) in [7, 11) is 1.44. The van der Waals surface area contributed by atoms with Crippen molar-refractivity contribution >= 4 is 53.0 Å². The molecule has 72 heavy (non-hydrogen) atoms. The number of aliphatic hydroxyl groups excluding tert-OH is 1. The van der Waals surface area contributed by atoms with Gasteiger partial charge in [-0.05, 0) is 68.1 Å². The van der Waals surface area contributed by atoms with E-state index in [1.165, 1.54) is 32.7 Å². The van der Waals surface area contributed by atoms with Gasteiger partial charge in [0.2, 0.25) is 29.5 Å². The lowest BCUT2D eigenvalue weighted by atomic mass is 9.86. The number of hydrogen-bond acceptors (Lipinski definition) is 12. The maximum absolute atomic E-state index is 15.0. The van der Waals surface area contributed by atoms with Crippen LogP contribution in [0.25, 0.3) is 0 Å². The zero-order valence-electron chi connectivity index (χ0n) is 42.0. The summed E-state index contributed by atoms with van der Waals surface area (Å²) in [6.45, 7) is 7.75. The van der Waals surface area contributed by atoms with Crippen LogP contribution in [0.3, 0.4) is 0 Å². The Hall–Kier alpha value is -6.75. The molecule has 3 aliphatic rings. The maximum Gasteiger partial charge on any atom is 0.329 e. The zero-order chi connectivity index (χ0) is 52.2. The third kappa shape index (κ3) is 14.4. The Morgan fingerprint density at radius 3 is 1.89 bits per heavy atom. The summed E-state index contributed by atoms with van der Waals surface area (Å²) in [6, 6.07) is 20.8. The molecule has 2 heterocycles. The highest BCUT2D eigenvalue weighted by atomic mass is 16.5. The Morgan fingerprint density at radius 2 is 1.32 bits per heavy atom. The Labute approximate surface area is 421 Å². The molecular formula is C55H69N5O12. The number of cyclic esters (lactones) is 1. The molecule has 3 fully saturated rings. The Kier molecular flexibility index (Phi) is 19.0. The topological polar surface area (TPSA) is 235 Å². The molecule has 2 bridgehead atoms. The number of rotatable bonds is 15. The van der Waals surface area contributed by atoms with Crippen molar-refractivity contribution in [2.75, 3.05) is 7.05 Å². The van der Waals surface area contributed by atoms with Gasteiger partial charge in [0, 0.05) is 44.6 Å². The highest BCUT2D eigenvalue weighted by molar-refractivity contribution is 5.98. The number of Topliss-reactive ketones (excluding diaryl/α,β-unsaturated/α-hetero) is 2. The van der Waals surface area contributed by atoms with Crippen molar-refractivity contribution < 1.29 is 57.7 Å². The van der Waals surface area contributed by atoms with E-state index < -0.39 is 126 Å². The van der Waals surface area contributed by atoms with Crippen molar-refractivity contribution in [2.24, 2.45) is 29.6 Å². The standard InChI is InChI=1S/C55H69N5O12/c1-32(2)48-55(70)72-35(5)41(30-44(61)34(4)56-50(65)33(3)26-47(64)71-31-38-20-14-9-15-21-38)51(66)58-49(39-22-23-39)45(62)29-40-24-25-46(63)60(53(40)68)43(28-37-18-12-8-13-19-37)54(69)59(6)42(52(67)57-48)27-36-16-10-7-11-17-36/h7-21,32-35,39-43,46,48-49,63H,22-31H2,1-6H3,(H,56,65)(H,57,67)(H,58,66)/t33-,34+,35-,40-,41+,42+,43+,46-,48+,49+/m1/s1. The van der Waals surface area contributed by atoms with Crippen LogP contribution < -0.4 is 16.0 Å². The van der Waals surface area contributed by atoms with Gasteiger partial charge in [0.1, 0.15) is 37.1 Å². The van der Waals surface area contributed by atoms with Crippen LogP contribution in [0, 0.1) is 29.6 Å². The van der Waals surface area contributed by atoms with Crippen molar-refractivity contribution in [2.45, 2.75) is 142 Å². The van der Waals surface area contributed by atoms with E-state index in [1.54, 1.807) is 98.8 Å². The number of aliphatic hydroxyl groups is 1. The van der Waals surface area contributed by atoms with Crippen LogP contribution >= 0.6 is 0 Å². The summed E-state index contributed by atoms with van der Waals surface area (Å²) < 4.78 is 11.3. The molecule has 1 aliphatic carbocycles. The summed E-state index contributed by atoms with van der Waals surface area (Å²) in [4.78, 5) is 130. The van der Waals surface area contributed by atoms with Crippen molar-refractivity contribution in [1.29, 1.82) is 0 Å². The second-order valence-corrected chi connectivity index (χ2v) is 20.0. The van der Waals surface area contributed by atoms with Gasteiger partial charge in [-0.15, -0.1) is 0 Å². The fraction of sp³-hybridized carbons (Fsp3) is 0.509. The summed E-state index contributed by atoms with van der Waals surface area (Å²) >= 11 is 0. The largest absolute Gasteiger partial charge is 0.461 e. The molecule has 17 heteroatoms. The first kappa shape index (κ1) is 54.6. The molecular weight excluding hydrogens is 923 g/mol. The minimum atomic E-state index is -1.40. The molecule has 10 atom stereocenters. The number of likely N-dealkylation sites (N-methyl/N-ethyl adjacent to an activating group) is 1. The number of nitrogens with one attached hydrogen (secondary N) is 3. The molecule has 3 aromatic rings. The number of ether oxygens (including phenoxy) is 2. The highest BCUT2D eigenvalue weighted by Crippen LogP contribution is 2.36. The number of fused-ring (bicyclic) bond motifs is 2. The third-order valence-electron chi connectivity index (χ3n) is 14.0. The normalized spacial score (nSPS) is 25.7. The molecule has 0 radical (unpaired) electrons. The SMILES string of the molecule is CC(C)[C@@H]1NC(=O)[C@H](Cc2ccccc2)N(C)C(=O)[C@H](Cc2ccccc2)N2C(=O)[C@H](CC[C@H]2O)CC(=O)[C@H](C2CC2)NC(=O)[C@@H](CC(=O)[C@H](C)NC(=O)[C@H](C)CC(=O)OCc2ccccc2)[C@@H](C)OC1=O. The van der Waals surface area contributed by atoms with Gasteiger partial charge in [-0.1, -0.05) is 112 Å². The minimum Gasteiger partial charge on any atom is -0.461 e. The highest BCUT2D eigenvalue weighted by Gasteiger charge is 2.47. The van der Waals surface area contributed by atoms with Crippen LogP contribution in [0.4, 0.5) is 0 Å². The molecule has 0 spiro atoms. The van der Waals surface area contributed by atoms with Gasteiger partial charge in [0.25, 0.3) is 0 Å². The van der Waals surface area contributed by atoms with E-state index in [9.17, 15) is 43.5 Å². The lowest BCUT2D eigenvalue weighted by Gasteiger charge is -2.43. The predicted octanol–water partition coefficient (Wildman–Crippen LogP) is 4.01. The van der Waals surface area contributed by atoms with E-state index in [0.717, 1.165) is 10.5 Å². The number of carbonyl (C=O) groups is 9. The van der Waals surface area contributed by atoms with E-state index >= 15 is 4.79 Å². The van der Waals surface area contributed by atoms with Crippen molar-refractivity contribution in [1.82, 2.24) is 25.8 Å². The smallest absolute Gasteiger partial charge is 0.329 e. The minimum absolute atomic E-state index is 0.00435. The molecule has 0 unspecified atom stereocenters. The van der Waals surface area contributed by atoms with E-state index in [0.29, 0.717) is 24.0 Å². The number of amides is 5. The lowest BCUT2D eigenvalue weighted by Crippen LogP contribution is -2.62. The molecule has 4 N–H and O–H groups in total. The van der Waals surface area contributed by atoms with E-state index in [4.69, 9.17) is 9.47 Å². The number of nitrogens with zero attached hydrogens (tertiary/aromatic N) is 2. The number of ketones is 2. The first-order valence-electron chi connectivity index (χ1n) is 25.0. The molecule has 0 aromatic heterocycles. The Bertz CT molecular complexity index is 2410. The molecule has 17 nitrogen and oxygen atoms in total. The number of hydrogen-bond donors (Lipinski definition) is 4. The molecule has 3 aromatic carbocycles. The lowest BCUT2D eigenvalue weighted by molar-refractivity contribution is -0.167. The number of carbonyl (C=O) groups excluding carboxylic acids is 9. The van der Waals surface area contributed by atoms with Crippen LogP contribution in [0.2, 0.25) is 0 Å². The molecule has 2 saturated heterocycles. The summed E-state index contributed by atoms with van der Waals surface area (Å²) in [5.41, 5.74) is 2.13. The number of piperidine rings is 1. The number of benzene rings is 3. The Morgan fingerprint density at radius 1 is 0.750 bits per heavy atom. The van der Waals surface area contributed by atoms with Gasteiger partial charge in [-0.3, -0.25) is 38.4 Å². The monoisotopic (exact) mass is 991 g/mol. The van der Waals surface area contributed by atoms with E-state index in [-0.39, 0.29) is 51.0 Å². The fourth-order valence-electron chi connectivity index (χ4n) is 9.34. The van der Waals surface area contributed by atoms with Gasteiger partial charge < -0.3 is 40.3 Å². The average molecular weight is 992 g/mol. The first-order chi connectivity index (χ1) is 34.3. The van der Waals surface area contributed by atoms with Gasteiger partial charge in [0.15, 0.2) is 11.6 Å². The maximum atomic E-state index is 15.0. The Balaban J connectivity index is 1.30. The second-order valence-electron chi connectivity index (χ2n) is 20.0. The van der Waals surface area contributed by atoms with Crippen LogP contribution in [-0.4, -0.2) is 118 Å². The molecule has 386 valence electrons. The number of esters is 2. The van der Waals surface area contributed by atoms with Gasteiger partial charge in [-0.2, -0.15) is 0 Å². The molecule has 5 amide bonds. The summed E-state index contributed by atoms with van der Waals surface area (Å²) in [6.07, 6.45) is -2.55. The van der Waals surface area contributed by atoms with Crippen LogP contribution in [0.1, 0.15) is 96.3 Å². The van der Waals surface area contributed by atoms with Gasteiger partial charge >= 0.3 is 11.9 Å². The van der Waals surface area contributed by atoms with Crippen molar-refractivity contribution in [3.05, 3.63) is 108 Å². The molecule has 2 aliphatic heterocycles. The van der Waals surface area contributed by atoms with E-state index in [2.05, 4.69) is 16.0 Å². The van der Waals surface area contributed by atoms with Crippen LogP contribution in [-0.2, 0) is 72.1 Å².